The van der Waals surface area contributed by atoms with Gasteiger partial charge in [-0.05, 0) is 92.4 Å². The lowest BCUT2D eigenvalue weighted by Crippen LogP contribution is -2.30. The van der Waals surface area contributed by atoms with Gasteiger partial charge in [-0.2, -0.15) is 0 Å². The highest BCUT2D eigenvalue weighted by molar-refractivity contribution is 5.71. The molecule has 0 aliphatic carbocycles. The summed E-state index contributed by atoms with van der Waals surface area (Å²) >= 11 is 0. The van der Waals surface area contributed by atoms with E-state index in [1.165, 1.54) is 0 Å². The van der Waals surface area contributed by atoms with Gasteiger partial charge < -0.3 is 25.4 Å². The van der Waals surface area contributed by atoms with Gasteiger partial charge in [0, 0.05) is 13.1 Å². The molecule has 2 amide bonds. The minimum Gasteiger partial charge on any atom is -0.410 e. The summed E-state index contributed by atoms with van der Waals surface area (Å²) < 4.78 is 10.9. The molecule has 7 nitrogen and oxygen atoms in total. The zero-order valence-corrected chi connectivity index (χ0v) is 22.7. The summed E-state index contributed by atoms with van der Waals surface area (Å²) in [6.45, 7) is 15.1. The Morgan fingerprint density at radius 3 is 1.56 bits per heavy atom. The molecule has 0 saturated heterocycles. The monoisotopic (exact) mass is 497 g/mol. The Hall–Kier alpha value is -3.06. The van der Waals surface area contributed by atoms with Crippen molar-refractivity contribution < 1.29 is 19.1 Å². The van der Waals surface area contributed by atoms with Crippen LogP contribution in [0.3, 0.4) is 0 Å². The molecule has 0 heterocycles. The van der Waals surface area contributed by atoms with Gasteiger partial charge in [-0.25, -0.2) is 9.59 Å². The molecular formula is C29H43N3O4. The van der Waals surface area contributed by atoms with Gasteiger partial charge in [-0.15, -0.1) is 0 Å². The van der Waals surface area contributed by atoms with Crippen LogP contribution in [0.15, 0.2) is 36.4 Å². The number of hydrogen-bond acceptors (Lipinski definition) is 5. The number of carbonyl (C=O) groups is 2. The van der Waals surface area contributed by atoms with E-state index in [0.717, 1.165) is 54.6 Å². The number of ether oxygens (including phenoxy) is 2. The number of unbranched alkanes of at least 4 members (excludes halogenated alkanes) is 1. The van der Waals surface area contributed by atoms with Crippen molar-refractivity contribution in [1.29, 1.82) is 0 Å². The highest BCUT2D eigenvalue weighted by Gasteiger charge is 2.10. The first-order valence-electron chi connectivity index (χ1n) is 13.0. The fourth-order valence-corrected chi connectivity index (χ4v) is 3.54. The number of aryl methyl sites for hydroxylation is 2. The van der Waals surface area contributed by atoms with Crippen LogP contribution in [-0.2, 0) is 0 Å². The van der Waals surface area contributed by atoms with E-state index in [4.69, 9.17) is 9.47 Å². The molecule has 0 saturated carbocycles. The topological polar surface area (TPSA) is 88.7 Å². The van der Waals surface area contributed by atoms with Crippen LogP contribution in [0.5, 0.6) is 11.5 Å². The summed E-state index contributed by atoms with van der Waals surface area (Å²) in [5.41, 5.74) is 4.17. The van der Waals surface area contributed by atoms with Gasteiger partial charge in [0.1, 0.15) is 11.5 Å². The molecule has 0 unspecified atom stereocenters. The summed E-state index contributed by atoms with van der Waals surface area (Å²) in [5.74, 6) is 1.97. The maximum Gasteiger partial charge on any atom is 0.412 e. The van der Waals surface area contributed by atoms with Crippen molar-refractivity contribution in [3.8, 4) is 11.5 Å². The van der Waals surface area contributed by atoms with Crippen molar-refractivity contribution in [2.24, 2.45) is 0 Å². The van der Waals surface area contributed by atoms with Crippen molar-refractivity contribution in [2.75, 3.05) is 26.2 Å². The zero-order valence-electron chi connectivity index (χ0n) is 22.7. The predicted molar refractivity (Wildman–Crippen MR) is 145 cm³/mol. The normalized spacial score (nSPS) is 11.0. The smallest absolute Gasteiger partial charge is 0.410 e. The largest absolute Gasteiger partial charge is 0.412 e. The van der Waals surface area contributed by atoms with Crippen molar-refractivity contribution in [3.63, 3.8) is 0 Å². The first-order chi connectivity index (χ1) is 17.2. The molecule has 0 aromatic heterocycles. The van der Waals surface area contributed by atoms with Crippen LogP contribution in [0.4, 0.5) is 9.59 Å². The van der Waals surface area contributed by atoms with E-state index in [2.05, 4.69) is 55.8 Å². The minimum atomic E-state index is -0.428. The van der Waals surface area contributed by atoms with Crippen molar-refractivity contribution in [3.05, 3.63) is 58.7 Å². The number of amides is 2. The molecule has 0 aliphatic rings. The number of hydrogen-bond donors (Lipinski definition) is 3. The molecular weight excluding hydrogens is 454 g/mol. The number of nitrogens with one attached hydrogen (secondary N) is 3. The summed E-state index contributed by atoms with van der Waals surface area (Å²) in [7, 11) is 0. The Labute approximate surface area is 216 Å². The van der Waals surface area contributed by atoms with Crippen molar-refractivity contribution in [2.45, 2.75) is 72.6 Å². The molecule has 0 spiro atoms. The lowest BCUT2D eigenvalue weighted by Gasteiger charge is -2.12. The van der Waals surface area contributed by atoms with Crippen LogP contribution in [0, 0.1) is 13.8 Å². The molecule has 36 heavy (non-hydrogen) atoms. The fraction of sp³-hybridized carbons (Fsp3) is 0.517. The summed E-state index contributed by atoms with van der Waals surface area (Å²) in [5, 5.41) is 8.97. The third kappa shape index (κ3) is 10.3. The van der Waals surface area contributed by atoms with Gasteiger partial charge >= 0.3 is 12.2 Å². The fourth-order valence-electron chi connectivity index (χ4n) is 3.54. The molecule has 0 aliphatic heterocycles. The van der Waals surface area contributed by atoms with Gasteiger partial charge in [0.05, 0.1) is 0 Å². The summed E-state index contributed by atoms with van der Waals surface area (Å²) in [6, 6.07) is 11.9. The maximum atomic E-state index is 12.1. The van der Waals surface area contributed by atoms with Crippen LogP contribution in [0.25, 0.3) is 0 Å². The third-order valence-corrected chi connectivity index (χ3v) is 6.01. The first-order valence-corrected chi connectivity index (χ1v) is 13.0. The Kier molecular flexibility index (Phi) is 12.3. The molecule has 0 atom stereocenters. The molecule has 0 bridgehead atoms. The van der Waals surface area contributed by atoms with Crippen LogP contribution >= 0.6 is 0 Å². The zero-order chi connectivity index (χ0) is 26.5. The van der Waals surface area contributed by atoms with Gasteiger partial charge in [0.25, 0.3) is 0 Å². The second kappa shape index (κ2) is 15.1. The van der Waals surface area contributed by atoms with Crippen LogP contribution in [0.2, 0.25) is 0 Å². The Morgan fingerprint density at radius 2 is 1.08 bits per heavy atom. The Balaban J connectivity index is 1.51. The maximum absolute atomic E-state index is 12.1. The van der Waals surface area contributed by atoms with E-state index in [9.17, 15) is 9.59 Å². The van der Waals surface area contributed by atoms with Crippen molar-refractivity contribution >= 4 is 12.2 Å². The predicted octanol–water partition coefficient (Wildman–Crippen LogP) is 6.19. The number of carbonyl (C=O) groups excluding carboxylic acids is 2. The number of rotatable bonds is 13. The van der Waals surface area contributed by atoms with Gasteiger partial charge in [0.2, 0.25) is 0 Å². The van der Waals surface area contributed by atoms with Crippen LogP contribution in [0.1, 0.15) is 81.0 Å². The molecule has 2 aromatic carbocycles. The molecule has 198 valence electrons. The van der Waals surface area contributed by atoms with Gasteiger partial charge in [-0.3, -0.25) is 0 Å². The van der Waals surface area contributed by atoms with E-state index in [-0.39, 0.29) is 0 Å². The quantitative estimate of drug-likeness (QED) is 0.287. The van der Waals surface area contributed by atoms with Crippen LogP contribution in [-0.4, -0.2) is 38.4 Å². The lowest BCUT2D eigenvalue weighted by atomic mass is 10.0. The minimum absolute atomic E-state index is 0.378. The summed E-state index contributed by atoms with van der Waals surface area (Å²) in [4.78, 5) is 24.2. The van der Waals surface area contributed by atoms with Crippen molar-refractivity contribution in [1.82, 2.24) is 16.0 Å². The van der Waals surface area contributed by atoms with E-state index >= 15 is 0 Å². The third-order valence-electron chi connectivity index (χ3n) is 6.01. The second-order valence-corrected chi connectivity index (χ2v) is 9.80. The second-order valence-electron chi connectivity index (χ2n) is 9.80. The molecule has 2 aromatic rings. The molecule has 0 fully saturated rings. The van der Waals surface area contributed by atoms with Gasteiger partial charge in [-0.1, -0.05) is 52.0 Å². The van der Waals surface area contributed by atoms with Gasteiger partial charge in [0.15, 0.2) is 0 Å². The molecule has 3 N–H and O–H groups in total. The average molecular weight is 498 g/mol. The molecule has 0 radical (unpaired) electrons. The summed E-state index contributed by atoms with van der Waals surface area (Å²) in [6.07, 6.45) is 1.74. The molecule has 2 rings (SSSR count). The van der Waals surface area contributed by atoms with E-state index in [1.807, 2.05) is 38.1 Å². The highest BCUT2D eigenvalue weighted by atomic mass is 16.6. The highest BCUT2D eigenvalue weighted by Crippen LogP contribution is 2.25. The average Bonchev–Trinajstić information content (AvgIpc) is 2.82. The lowest BCUT2D eigenvalue weighted by molar-refractivity contribution is 0.198. The standard InChI is InChI=1S/C29H43N3O4/c1-20(2)24-12-10-22(5)26(18-24)35-28(33)31-16-8-7-14-30-15-9-17-32-29(34)36-27-19-25(21(3)4)13-11-23(27)6/h10-13,18-21,30H,7-9,14-17H2,1-6H3,(H,31,33)(H,32,34). The number of benzene rings is 2. The van der Waals surface area contributed by atoms with Crippen LogP contribution < -0.4 is 25.4 Å². The first kappa shape index (κ1) is 29.2. The van der Waals surface area contributed by atoms with E-state index < -0.39 is 12.2 Å². The molecule has 7 heteroatoms. The van der Waals surface area contributed by atoms with E-state index in [1.54, 1.807) is 0 Å². The SMILES string of the molecule is Cc1ccc(C(C)C)cc1OC(=O)NCCCCNCCCNC(=O)Oc1cc(C(C)C)ccc1C. The van der Waals surface area contributed by atoms with E-state index in [0.29, 0.717) is 36.4 Å². The Morgan fingerprint density at radius 1 is 0.667 bits per heavy atom. The Bertz CT molecular complexity index is 909.